The molecular weight excluding hydrogens is 673 g/mol. The molecule has 12 heteroatoms. The third-order valence-corrected chi connectivity index (χ3v) is 10.1. The molecule has 302 valence electrons. The minimum absolute atomic E-state index is 0.169. The minimum Gasteiger partial charge on any atom is -0.480 e. The number of carboxylic acid groups (broad SMARTS) is 1. The first-order chi connectivity index (χ1) is 24.6. The maximum atomic E-state index is 12.6. The smallest absolute Gasteiger partial charge is 0.472 e. The highest BCUT2D eigenvalue weighted by atomic mass is 31.2. The zero-order valence-corrected chi connectivity index (χ0v) is 33.4. The number of carboxylic acids is 1. The molecule has 51 heavy (non-hydrogen) atoms. The average Bonchev–Trinajstić information content (AvgIpc) is 3.10. The standard InChI is InChI=1S/C39H76NO10P/c1-3-5-7-9-11-13-15-16-17-18-19-20-21-23-25-27-29-31-38(42)50-35(33-48-51(45,46)49-34-36(40)39(43)44)32-47-37(41)30-28-26-24-22-14-12-10-8-6-4-2/h35-36H,3-34,40H2,1-2H3,(H,43,44)(H,45,46)/t35-,36-/m0/s1. The van der Waals surface area contributed by atoms with Crippen LogP contribution in [0.25, 0.3) is 0 Å². The zero-order chi connectivity index (χ0) is 37.8. The van der Waals surface area contributed by atoms with Crippen LogP contribution in [0.3, 0.4) is 0 Å². The average molecular weight is 750 g/mol. The molecule has 1 unspecified atom stereocenters. The van der Waals surface area contributed by atoms with Gasteiger partial charge in [0.25, 0.3) is 0 Å². The fourth-order valence-corrected chi connectivity index (χ4v) is 6.61. The molecule has 0 bridgehead atoms. The number of ether oxygens (including phenoxy) is 2. The number of hydrogen-bond acceptors (Lipinski definition) is 9. The van der Waals surface area contributed by atoms with E-state index in [-0.39, 0.29) is 19.4 Å². The molecule has 0 heterocycles. The molecule has 0 rings (SSSR count). The van der Waals surface area contributed by atoms with Gasteiger partial charge in [-0.25, -0.2) is 4.57 Å². The summed E-state index contributed by atoms with van der Waals surface area (Å²) >= 11 is 0. The summed E-state index contributed by atoms with van der Waals surface area (Å²) in [5.74, 6) is -2.36. The Bertz CT molecular complexity index is 890. The first-order valence-corrected chi connectivity index (χ1v) is 22.1. The van der Waals surface area contributed by atoms with Gasteiger partial charge >= 0.3 is 25.7 Å². The van der Waals surface area contributed by atoms with Crippen LogP contribution in [0.5, 0.6) is 0 Å². The highest BCUT2D eigenvalue weighted by Crippen LogP contribution is 2.43. The predicted octanol–water partition coefficient (Wildman–Crippen LogP) is 10.3. The zero-order valence-electron chi connectivity index (χ0n) is 32.5. The lowest BCUT2D eigenvalue weighted by Crippen LogP contribution is -2.34. The number of carbonyl (C=O) groups excluding carboxylic acids is 2. The summed E-state index contributed by atoms with van der Waals surface area (Å²) in [4.78, 5) is 45.8. The van der Waals surface area contributed by atoms with Gasteiger partial charge < -0.3 is 25.2 Å². The van der Waals surface area contributed by atoms with Crippen molar-refractivity contribution in [1.82, 2.24) is 0 Å². The van der Waals surface area contributed by atoms with E-state index in [0.717, 1.165) is 38.5 Å². The van der Waals surface area contributed by atoms with Crippen LogP contribution in [0.1, 0.15) is 200 Å². The molecule has 0 amide bonds. The Hall–Kier alpha value is -1.52. The van der Waals surface area contributed by atoms with E-state index >= 15 is 0 Å². The van der Waals surface area contributed by atoms with Gasteiger partial charge in [-0.1, -0.05) is 174 Å². The number of carbonyl (C=O) groups is 3. The number of aliphatic carboxylic acids is 1. The van der Waals surface area contributed by atoms with E-state index in [2.05, 4.69) is 18.4 Å². The predicted molar refractivity (Wildman–Crippen MR) is 203 cm³/mol. The van der Waals surface area contributed by atoms with E-state index in [0.29, 0.717) is 12.8 Å². The first-order valence-electron chi connectivity index (χ1n) is 20.6. The van der Waals surface area contributed by atoms with E-state index in [1.54, 1.807) is 0 Å². The summed E-state index contributed by atoms with van der Waals surface area (Å²) in [6.45, 7) is 2.80. The van der Waals surface area contributed by atoms with Crippen molar-refractivity contribution < 1.29 is 47.5 Å². The van der Waals surface area contributed by atoms with Crippen molar-refractivity contribution in [3.8, 4) is 0 Å². The Kier molecular flexibility index (Phi) is 34.4. The van der Waals surface area contributed by atoms with Crippen LogP contribution in [0.4, 0.5) is 0 Å². The molecule has 0 aromatic rings. The van der Waals surface area contributed by atoms with Crippen LogP contribution in [0, 0.1) is 0 Å². The third kappa shape index (κ3) is 35.3. The number of nitrogens with two attached hydrogens (primary N) is 1. The molecule has 0 fully saturated rings. The Labute approximate surface area is 310 Å². The van der Waals surface area contributed by atoms with Crippen LogP contribution >= 0.6 is 7.82 Å². The topological polar surface area (TPSA) is 172 Å². The Morgan fingerprint density at radius 1 is 0.529 bits per heavy atom. The van der Waals surface area contributed by atoms with Crippen LogP contribution in [0.2, 0.25) is 0 Å². The van der Waals surface area contributed by atoms with E-state index in [1.165, 1.54) is 122 Å². The number of unbranched alkanes of at least 4 members (excludes halogenated alkanes) is 25. The largest absolute Gasteiger partial charge is 0.480 e. The van der Waals surface area contributed by atoms with Crippen LogP contribution in [-0.4, -0.2) is 59.9 Å². The molecule has 0 aliphatic heterocycles. The molecule has 0 saturated heterocycles. The summed E-state index contributed by atoms with van der Waals surface area (Å²) in [6, 6.07) is -1.51. The van der Waals surface area contributed by atoms with Crippen LogP contribution in [0.15, 0.2) is 0 Å². The normalized spacial score (nSPS) is 13.8. The SMILES string of the molecule is CCCCCCCCCCCCCCCCCCCC(=O)O[C@@H](COC(=O)CCCCCCCCCCCC)COP(=O)(O)OC[C@H](N)C(=O)O. The fourth-order valence-electron chi connectivity index (χ4n) is 5.83. The molecule has 4 N–H and O–H groups in total. The molecule has 0 aliphatic rings. The summed E-state index contributed by atoms with van der Waals surface area (Å²) in [6.07, 6.45) is 31.7. The van der Waals surface area contributed by atoms with Crippen molar-refractivity contribution in [3.63, 3.8) is 0 Å². The second kappa shape index (κ2) is 35.5. The van der Waals surface area contributed by atoms with Gasteiger partial charge in [0, 0.05) is 12.8 Å². The number of phosphoric acid groups is 1. The van der Waals surface area contributed by atoms with Gasteiger partial charge in [0.1, 0.15) is 12.6 Å². The molecule has 0 spiro atoms. The monoisotopic (exact) mass is 750 g/mol. The van der Waals surface area contributed by atoms with Crippen molar-refractivity contribution in [2.75, 3.05) is 19.8 Å². The van der Waals surface area contributed by atoms with Crippen molar-refractivity contribution in [3.05, 3.63) is 0 Å². The van der Waals surface area contributed by atoms with Crippen molar-refractivity contribution >= 4 is 25.7 Å². The van der Waals surface area contributed by atoms with Gasteiger partial charge in [-0.3, -0.25) is 23.4 Å². The van der Waals surface area contributed by atoms with E-state index in [9.17, 15) is 23.8 Å². The summed E-state index contributed by atoms with van der Waals surface area (Å²) in [5.41, 5.74) is 5.32. The molecule has 0 aliphatic carbocycles. The lowest BCUT2D eigenvalue weighted by molar-refractivity contribution is -0.161. The summed E-state index contributed by atoms with van der Waals surface area (Å²) in [5, 5.41) is 8.86. The van der Waals surface area contributed by atoms with Crippen LogP contribution in [-0.2, 0) is 37.5 Å². The lowest BCUT2D eigenvalue weighted by Gasteiger charge is -2.20. The van der Waals surface area contributed by atoms with Gasteiger partial charge in [-0.2, -0.15) is 0 Å². The molecule has 0 radical (unpaired) electrons. The van der Waals surface area contributed by atoms with Gasteiger partial charge in [0.05, 0.1) is 13.2 Å². The second-order valence-corrected chi connectivity index (χ2v) is 15.6. The van der Waals surface area contributed by atoms with Gasteiger partial charge in [0.2, 0.25) is 0 Å². The molecule has 0 aromatic heterocycles. The molecule has 0 saturated carbocycles. The number of esters is 2. The fraction of sp³-hybridized carbons (Fsp3) is 0.923. The van der Waals surface area contributed by atoms with Crippen molar-refractivity contribution in [2.45, 2.75) is 212 Å². The molecule has 11 nitrogen and oxygen atoms in total. The van der Waals surface area contributed by atoms with Crippen LogP contribution < -0.4 is 5.73 Å². The van der Waals surface area contributed by atoms with E-state index in [4.69, 9.17) is 24.8 Å². The number of phosphoric ester groups is 1. The molecular formula is C39H76NO10P. The summed E-state index contributed by atoms with van der Waals surface area (Å²) < 4.78 is 32.6. The number of hydrogen-bond donors (Lipinski definition) is 3. The van der Waals surface area contributed by atoms with Gasteiger partial charge in [-0.05, 0) is 12.8 Å². The quantitative estimate of drug-likeness (QED) is 0.0310. The maximum absolute atomic E-state index is 12.6. The highest BCUT2D eigenvalue weighted by molar-refractivity contribution is 7.47. The van der Waals surface area contributed by atoms with E-state index < -0.39 is 51.1 Å². The van der Waals surface area contributed by atoms with E-state index in [1.807, 2.05) is 0 Å². The van der Waals surface area contributed by atoms with Gasteiger partial charge in [-0.15, -0.1) is 0 Å². The third-order valence-electron chi connectivity index (χ3n) is 9.11. The lowest BCUT2D eigenvalue weighted by atomic mass is 10.0. The highest BCUT2D eigenvalue weighted by Gasteiger charge is 2.28. The minimum atomic E-state index is -4.70. The Morgan fingerprint density at radius 3 is 1.24 bits per heavy atom. The first kappa shape index (κ1) is 49.5. The Balaban J connectivity index is 4.32. The van der Waals surface area contributed by atoms with Crippen molar-refractivity contribution in [2.24, 2.45) is 5.73 Å². The van der Waals surface area contributed by atoms with Crippen molar-refractivity contribution in [1.29, 1.82) is 0 Å². The number of rotatable bonds is 39. The maximum Gasteiger partial charge on any atom is 0.472 e. The second-order valence-electron chi connectivity index (χ2n) is 14.1. The molecule has 3 atom stereocenters. The Morgan fingerprint density at radius 2 is 0.863 bits per heavy atom. The molecule has 0 aromatic carbocycles. The van der Waals surface area contributed by atoms with Gasteiger partial charge in [0.15, 0.2) is 6.10 Å². The summed E-state index contributed by atoms with van der Waals surface area (Å²) in [7, 11) is -4.70.